The van der Waals surface area contributed by atoms with Crippen molar-refractivity contribution in [2.24, 2.45) is 0 Å². The Bertz CT molecular complexity index is 1090. The van der Waals surface area contributed by atoms with E-state index >= 15 is 0 Å². The summed E-state index contributed by atoms with van der Waals surface area (Å²) in [5, 5.41) is 0. The average Bonchev–Trinajstić information content (AvgIpc) is 2.78. The number of hydrogen-bond donors (Lipinski definition) is 1. The topological polar surface area (TPSA) is 69.7 Å². The summed E-state index contributed by atoms with van der Waals surface area (Å²) < 4.78 is 65.9. The Morgan fingerprint density at radius 1 is 1.00 bits per heavy atom. The van der Waals surface area contributed by atoms with E-state index in [1.54, 1.807) is 11.0 Å². The monoisotopic (exact) mass is 467 g/mol. The first-order valence-electron chi connectivity index (χ1n) is 10.5. The fourth-order valence-electron chi connectivity index (χ4n) is 4.26. The van der Waals surface area contributed by atoms with Crippen LogP contribution in [0.4, 0.5) is 18.9 Å². The molecule has 2 aromatic rings. The Kier molecular flexibility index (Phi) is 6.17. The predicted molar refractivity (Wildman–Crippen MR) is 114 cm³/mol. The second-order valence-electron chi connectivity index (χ2n) is 8.15. The van der Waals surface area contributed by atoms with E-state index in [-0.39, 0.29) is 22.1 Å². The zero-order valence-corrected chi connectivity index (χ0v) is 18.1. The van der Waals surface area contributed by atoms with E-state index in [2.05, 4.69) is 9.62 Å². The van der Waals surface area contributed by atoms with Crippen LogP contribution in [0.25, 0.3) is 0 Å². The second-order valence-corrected chi connectivity index (χ2v) is 9.83. The summed E-state index contributed by atoms with van der Waals surface area (Å²) >= 11 is 0. The molecule has 1 atom stereocenters. The molecular formula is C22H24F3N3O3S. The van der Waals surface area contributed by atoms with Crippen molar-refractivity contribution in [3.63, 3.8) is 0 Å². The fraction of sp³-hybridized carbons (Fsp3) is 0.409. The largest absolute Gasteiger partial charge is 0.416 e. The van der Waals surface area contributed by atoms with Gasteiger partial charge in [0.05, 0.1) is 10.5 Å². The summed E-state index contributed by atoms with van der Waals surface area (Å²) in [6, 6.07) is 9.79. The molecule has 2 heterocycles. The average molecular weight is 468 g/mol. The first-order valence-corrected chi connectivity index (χ1v) is 12.0. The number of benzene rings is 2. The maximum Gasteiger partial charge on any atom is 0.416 e. The summed E-state index contributed by atoms with van der Waals surface area (Å²) in [6.07, 6.45) is -1.13. The molecule has 0 spiro atoms. The summed E-state index contributed by atoms with van der Waals surface area (Å²) in [4.78, 5) is 17.1. The van der Waals surface area contributed by atoms with Crippen molar-refractivity contribution in [3.8, 4) is 0 Å². The Hall–Kier alpha value is -2.59. The van der Waals surface area contributed by atoms with Gasteiger partial charge >= 0.3 is 6.18 Å². The number of carbonyl (C=O) groups is 1. The molecule has 0 saturated carbocycles. The van der Waals surface area contributed by atoms with Gasteiger partial charge in [0.2, 0.25) is 0 Å². The lowest BCUT2D eigenvalue weighted by molar-refractivity contribution is -0.137. The number of amides is 1. The van der Waals surface area contributed by atoms with Gasteiger partial charge in [0.15, 0.2) is 0 Å². The molecule has 10 heteroatoms. The van der Waals surface area contributed by atoms with Gasteiger partial charge in [-0.3, -0.25) is 14.4 Å². The van der Waals surface area contributed by atoms with Crippen molar-refractivity contribution in [1.82, 2.24) is 9.80 Å². The molecule has 4 rings (SSSR count). The zero-order valence-electron chi connectivity index (χ0n) is 17.3. The van der Waals surface area contributed by atoms with Crippen LogP contribution in [0.2, 0.25) is 0 Å². The van der Waals surface area contributed by atoms with Crippen molar-refractivity contribution < 1.29 is 26.4 Å². The van der Waals surface area contributed by atoms with Gasteiger partial charge in [-0.05, 0) is 61.9 Å². The molecule has 2 aliphatic rings. The van der Waals surface area contributed by atoms with Crippen molar-refractivity contribution in [2.45, 2.75) is 36.4 Å². The highest BCUT2D eigenvalue weighted by Gasteiger charge is 2.32. The third-order valence-electron chi connectivity index (χ3n) is 5.98. The number of halogens is 3. The van der Waals surface area contributed by atoms with E-state index in [4.69, 9.17) is 0 Å². The Morgan fingerprint density at radius 2 is 1.75 bits per heavy atom. The Balaban J connectivity index is 1.48. The van der Waals surface area contributed by atoms with Crippen LogP contribution in [0.15, 0.2) is 53.4 Å². The standard InChI is InChI=1S/C22H24F3N3O3S/c23-22(24,25)17-7-9-18(10-8-17)26-32(30,31)20-6-3-4-16(14-20)21(29)28-13-12-27-11-2-1-5-19(27)15-28/h3-4,6-10,14,19,26H,1-2,5,11-13,15H2. The predicted octanol–water partition coefficient (Wildman–Crippen LogP) is 3.82. The van der Waals surface area contributed by atoms with Gasteiger partial charge in [0.1, 0.15) is 0 Å². The van der Waals surface area contributed by atoms with Crippen LogP contribution in [0.5, 0.6) is 0 Å². The zero-order chi connectivity index (χ0) is 22.9. The van der Waals surface area contributed by atoms with Crippen LogP contribution in [0.3, 0.4) is 0 Å². The molecule has 2 fully saturated rings. The van der Waals surface area contributed by atoms with Crippen molar-refractivity contribution in [2.75, 3.05) is 30.9 Å². The number of rotatable bonds is 4. The number of nitrogens with one attached hydrogen (secondary N) is 1. The van der Waals surface area contributed by atoms with Crippen molar-refractivity contribution >= 4 is 21.6 Å². The molecule has 0 aromatic heterocycles. The molecule has 2 aliphatic heterocycles. The molecular weight excluding hydrogens is 443 g/mol. The Morgan fingerprint density at radius 3 is 2.47 bits per heavy atom. The van der Waals surface area contributed by atoms with Gasteiger partial charge in [0.25, 0.3) is 15.9 Å². The molecule has 6 nitrogen and oxygen atoms in total. The molecule has 2 saturated heterocycles. The van der Waals surface area contributed by atoms with Gasteiger partial charge in [-0.25, -0.2) is 8.42 Å². The normalized spacial score (nSPS) is 20.0. The number of fused-ring (bicyclic) bond motifs is 1. The maximum atomic E-state index is 13.0. The minimum absolute atomic E-state index is 0.00292. The van der Waals surface area contributed by atoms with Gasteiger partial charge in [0, 0.05) is 36.9 Å². The highest BCUT2D eigenvalue weighted by atomic mass is 32.2. The third kappa shape index (κ3) is 4.91. The molecule has 0 radical (unpaired) electrons. The SMILES string of the molecule is O=C(c1cccc(S(=O)(=O)Nc2ccc(C(F)(F)F)cc2)c1)N1CCN2CCCCC2C1. The van der Waals surface area contributed by atoms with E-state index in [0.29, 0.717) is 19.1 Å². The summed E-state index contributed by atoms with van der Waals surface area (Å²) in [5.74, 6) is -0.221. The number of piperazine rings is 1. The van der Waals surface area contributed by atoms with E-state index in [1.807, 2.05) is 0 Å². The van der Waals surface area contributed by atoms with Crippen LogP contribution in [-0.2, 0) is 16.2 Å². The smallest absolute Gasteiger partial charge is 0.336 e. The quantitative estimate of drug-likeness (QED) is 0.743. The summed E-state index contributed by atoms with van der Waals surface area (Å²) in [6.45, 7) is 3.08. The number of carbonyl (C=O) groups excluding carboxylic acids is 1. The highest BCUT2D eigenvalue weighted by molar-refractivity contribution is 7.92. The first kappa shape index (κ1) is 22.6. The summed E-state index contributed by atoms with van der Waals surface area (Å²) in [5.41, 5.74) is -0.598. The minimum atomic E-state index is -4.50. The van der Waals surface area contributed by atoms with Crippen LogP contribution in [0.1, 0.15) is 35.2 Å². The molecule has 0 aliphatic carbocycles. The molecule has 1 amide bonds. The molecule has 1 unspecified atom stereocenters. The summed E-state index contributed by atoms with van der Waals surface area (Å²) in [7, 11) is -4.08. The van der Waals surface area contributed by atoms with E-state index in [0.717, 1.165) is 50.2 Å². The number of anilines is 1. The lowest BCUT2D eigenvalue weighted by atomic mass is 9.99. The van der Waals surface area contributed by atoms with Crippen LogP contribution < -0.4 is 4.72 Å². The number of alkyl halides is 3. The molecule has 32 heavy (non-hydrogen) atoms. The lowest BCUT2D eigenvalue weighted by Crippen LogP contribution is -2.56. The van der Waals surface area contributed by atoms with Crippen molar-refractivity contribution in [1.29, 1.82) is 0 Å². The first-order chi connectivity index (χ1) is 15.1. The van der Waals surface area contributed by atoms with E-state index < -0.39 is 21.8 Å². The Labute approximate surface area is 185 Å². The lowest BCUT2D eigenvalue weighted by Gasteiger charge is -2.44. The van der Waals surface area contributed by atoms with Gasteiger partial charge in [-0.2, -0.15) is 13.2 Å². The van der Waals surface area contributed by atoms with Gasteiger partial charge in [-0.15, -0.1) is 0 Å². The molecule has 172 valence electrons. The van der Waals surface area contributed by atoms with Crippen molar-refractivity contribution in [3.05, 3.63) is 59.7 Å². The third-order valence-corrected chi connectivity index (χ3v) is 7.36. The number of hydrogen-bond acceptors (Lipinski definition) is 4. The molecule has 0 bridgehead atoms. The van der Waals surface area contributed by atoms with Crippen LogP contribution >= 0.6 is 0 Å². The number of piperidine rings is 1. The number of nitrogens with zero attached hydrogens (tertiary/aromatic N) is 2. The fourth-order valence-corrected chi connectivity index (χ4v) is 5.36. The van der Waals surface area contributed by atoms with Crippen LogP contribution in [0, 0.1) is 0 Å². The highest BCUT2D eigenvalue weighted by Crippen LogP contribution is 2.30. The molecule has 2 aromatic carbocycles. The van der Waals surface area contributed by atoms with Crippen LogP contribution in [-0.4, -0.2) is 56.3 Å². The van der Waals surface area contributed by atoms with Gasteiger partial charge in [-0.1, -0.05) is 12.5 Å². The maximum absolute atomic E-state index is 13.0. The molecule has 1 N–H and O–H groups in total. The van der Waals surface area contributed by atoms with E-state index in [9.17, 15) is 26.4 Å². The van der Waals surface area contributed by atoms with Gasteiger partial charge < -0.3 is 4.90 Å². The van der Waals surface area contributed by atoms with E-state index in [1.165, 1.54) is 24.6 Å². The number of sulfonamides is 1. The minimum Gasteiger partial charge on any atom is -0.336 e. The second kappa shape index (κ2) is 8.74.